The van der Waals surface area contributed by atoms with Gasteiger partial charge in [-0.2, -0.15) is 0 Å². The number of nitrogens with two attached hydrogens (primary N) is 1. The molecule has 6 heteroatoms. The smallest absolute Gasteiger partial charge is 0.193 e. The highest BCUT2D eigenvalue weighted by atomic mass is 16.5. The van der Waals surface area contributed by atoms with Gasteiger partial charge in [-0.25, -0.2) is 0 Å². The Morgan fingerprint density at radius 1 is 1.15 bits per heavy atom. The fraction of sp³-hybridized carbons (Fsp3) is 0.381. The number of para-hydroxylation sites is 1. The predicted octanol–water partition coefficient (Wildman–Crippen LogP) is 3.41. The summed E-state index contributed by atoms with van der Waals surface area (Å²) in [6, 6.07) is 14.1. The summed E-state index contributed by atoms with van der Waals surface area (Å²) < 4.78 is 11.3. The van der Waals surface area contributed by atoms with Gasteiger partial charge in [0.2, 0.25) is 0 Å². The van der Waals surface area contributed by atoms with Crippen LogP contribution >= 0.6 is 0 Å². The van der Waals surface area contributed by atoms with E-state index >= 15 is 0 Å². The zero-order chi connectivity index (χ0) is 19.1. The number of ether oxygens (including phenoxy) is 2. The molecular weight excluding hydrogens is 340 g/mol. The van der Waals surface area contributed by atoms with Crippen molar-refractivity contribution in [3.8, 4) is 11.5 Å². The van der Waals surface area contributed by atoms with Crippen LogP contribution in [0.3, 0.4) is 0 Å². The largest absolute Gasteiger partial charge is 0.490 e. The Labute approximate surface area is 161 Å². The standard InChI is InChI=1S/C21H28N4O2/c1-3-25(18-8-5-4-7-16(18)2)12-11-23-21(22)24-17-9-10-19-20(15-17)27-14-6-13-26-19/h4-5,7-10,15H,3,6,11-14H2,1-2H3,(H3,22,23,24). The van der Waals surface area contributed by atoms with Crippen molar-refractivity contribution >= 4 is 17.3 Å². The van der Waals surface area contributed by atoms with Crippen molar-refractivity contribution in [2.75, 3.05) is 43.1 Å². The van der Waals surface area contributed by atoms with E-state index in [1.54, 1.807) is 0 Å². The number of aryl methyl sites for hydroxylation is 1. The van der Waals surface area contributed by atoms with E-state index < -0.39 is 0 Å². The molecule has 1 aliphatic heterocycles. The van der Waals surface area contributed by atoms with Crippen molar-refractivity contribution < 1.29 is 9.47 Å². The van der Waals surface area contributed by atoms with Gasteiger partial charge < -0.3 is 25.4 Å². The lowest BCUT2D eigenvalue weighted by molar-refractivity contribution is 0.297. The molecule has 2 aromatic rings. The van der Waals surface area contributed by atoms with Crippen molar-refractivity contribution in [2.24, 2.45) is 10.7 Å². The van der Waals surface area contributed by atoms with E-state index in [2.05, 4.69) is 53.3 Å². The number of likely N-dealkylation sites (N-methyl/N-ethyl adjacent to an activating group) is 1. The van der Waals surface area contributed by atoms with Gasteiger partial charge in [-0.3, -0.25) is 4.99 Å². The summed E-state index contributed by atoms with van der Waals surface area (Å²) in [6.07, 6.45) is 0.885. The molecule has 1 heterocycles. The number of benzene rings is 2. The molecule has 0 spiro atoms. The number of fused-ring (bicyclic) bond motifs is 1. The van der Waals surface area contributed by atoms with Crippen LogP contribution in [0.25, 0.3) is 0 Å². The molecule has 0 aliphatic carbocycles. The van der Waals surface area contributed by atoms with Gasteiger partial charge in [0.25, 0.3) is 0 Å². The van der Waals surface area contributed by atoms with Gasteiger partial charge >= 0.3 is 0 Å². The summed E-state index contributed by atoms with van der Waals surface area (Å²) in [6.45, 7) is 7.97. The third kappa shape index (κ3) is 5.06. The molecule has 6 nitrogen and oxygen atoms in total. The molecule has 0 saturated heterocycles. The Morgan fingerprint density at radius 2 is 1.93 bits per heavy atom. The minimum Gasteiger partial charge on any atom is -0.490 e. The van der Waals surface area contributed by atoms with Crippen molar-refractivity contribution in [1.29, 1.82) is 0 Å². The van der Waals surface area contributed by atoms with Crippen molar-refractivity contribution in [3.63, 3.8) is 0 Å². The summed E-state index contributed by atoms with van der Waals surface area (Å²) in [5, 5.41) is 3.13. The number of rotatable bonds is 6. The van der Waals surface area contributed by atoms with Gasteiger partial charge in [-0.05, 0) is 37.6 Å². The number of aliphatic imine (C=N–C) groups is 1. The monoisotopic (exact) mass is 368 g/mol. The van der Waals surface area contributed by atoms with Crippen LogP contribution in [-0.2, 0) is 0 Å². The Kier molecular flexibility index (Phi) is 6.41. The maximum atomic E-state index is 6.06. The minimum atomic E-state index is 0.394. The SMILES string of the molecule is CCN(CCN=C(N)Nc1ccc2c(c1)OCCCO2)c1ccccc1C. The first kappa shape index (κ1) is 18.9. The number of hydrogen-bond acceptors (Lipinski definition) is 4. The molecule has 0 unspecified atom stereocenters. The van der Waals surface area contributed by atoms with E-state index in [1.165, 1.54) is 11.3 Å². The van der Waals surface area contributed by atoms with Gasteiger partial charge in [-0.15, -0.1) is 0 Å². The average Bonchev–Trinajstić information content (AvgIpc) is 2.91. The van der Waals surface area contributed by atoms with Crippen LogP contribution in [0.2, 0.25) is 0 Å². The van der Waals surface area contributed by atoms with E-state index in [0.29, 0.717) is 25.7 Å². The third-order valence-electron chi connectivity index (χ3n) is 4.51. The molecule has 0 fully saturated rings. The quantitative estimate of drug-likeness (QED) is 0.604. The van der Waals surface area contributed by atoms with Crippen molar-refractivity contribution in [2.45, 2.75) is 20.3 Å². The van der Waals surface area contributed by atoms with Crippen LogP contribution in [0.5, 0.6) is 11.5 Å². The molecule has 2 aromatic carbocycles. The van der Waals surface area contributed by atoms with E-state index in [4.69, 9.17) is 15.2 Å². The predicted molar refractivity (Wildman–Crippen MR) is 111 cm³/mol. The zero-order valence-corrected chi connectivity index (χ0v) is 16.1. The fourth-order valence-electron chi connectivity index (χ4n) is 3.09. The van der Waals surface area contributed by atoms with Crippen LogP contribution in [-0.4, -0.2) is 38.8 Å². The lowest BCUT2D eigenvalue weighted by Crippen LogP contribution is -2.29. The molecule has 3 rings (SSSR count). The van der Waals surface area contributed by atoms with Crippen molar-refractivity contribution in [1.82, 2.24) is 0 Å². The van der Waals surface area contributed by atoms with Crippen LogP contribution in [0.15, 0.2) is 47.5 Å². The van der Waals surface area contributed by atoms with Gasteiger partial charge in [0, 0.05) is 37.0 Å². The highest BCUT2D eigenvalue weighted by molar-refractivity contribution is 5.92. The molecule has 27 heavy (non-hydrogen) atoms. The Bertz CT molecular complexity index is 792. The molecule has 0 saturated carbocycles. The van der Waals surface area contributed by atoms with Crippen LogP contribution in [0, 0.1) is 6.92 Å². The van der Waals surface area contributed by atoms with Gasteiger partial charge in [0.1, 0.15) is 0 Å². The molecule has 0 aromatic heterocycles. The molecule has 1 aliphatic rings. The molecule has 144 valence electrons. The number of hydrogen-bond donors (Lipinski definition) is 2. The summed E-state index contributed by atoms with van der Waals surface area (Å²) in [7, 11) is 0. The number of nitrogens with one attached hydrogen (secondary N) is 1. The van der Waals surface area contributed by atoms with E-state index in [-0.39, 0.29) is 0 Å². The second-order valence-corrected chi connectivity index (χ2v) is 6.47. The number of guanidine groups is 1. The first-order valence-corrected chi connectivity index (χ1v) is 9.44. The molecule has 3 N–H and O–H groups in total. The Hall–Kier alpha value is -2.89. The second kappa shape index (κ2) is 9.16. The topological polar surface area (TPSA) is 72.1 Å². The van der Waals surface area contributed by atoms with Crippen LogP contribution in [0.1, 0.15) is 18.9 Å². The fourth-order valence-corrected chi connectivity index (χ4v) is 3.09. The summed E-state index contributed by atoms with van der Waals surface area (Å²) in [5.41, 5.74) is 9.40. The van der Waals surface area contributed by atoms with Gasteiger partial charge in [0.15, 0.2) is 17.5 Å². The number of nitrogens with zero attached hydrogens (tertiary/aromatic N) is 2. The Morgan fingerprint density at radius 3 is 2.70 bits per heavy atom. The van der Waals surface area contributed by atoms with Gasteiger partial charge in [-0.1, -0.05) is 18.2 Å². The molecule has 0 radical (unpaired) electrons. The van der Waals surface area contributed by atoms with E-state index in [0.717, 1.165) is 36.7 Å². The molecule has 0 amide bonds. The number of anilines is 2. The summed E-state index contributed by atoms with van der Waals surface area (Å²) in [5.74, 6) is 1.90. The molecule has 0 bridgehead atoms. The molecule has 0 atom stereocenters. The molecular formula is C21H28N4O2. The van der Waals surface area contributed by atoms with E-state index in [9.17, 15) is 0 Å². The highest BCUT2D eigenvalue weighted by Gasteiger charge is 2.11. The van der Waals surface area contributed by atoms with Gasteiger partial charge in [0.05, 0.1) is 19.8 Å². The summed E-state index contributed by atoms with van der Waals surface area (Å²) in [4.78, 5) is 6.77. The minimum absolute atomic E-state index is 0.394. The van der Waals surface area contributed by atoms with Crippen LogP contribution in [0.4, 0.5) is 11.4 Å². The Balaban J connectivity index is 1.58. The van der Waals surface area contributed by atoms with Crippen LogP contribution < -0.4 is 25.4 Å². The van der Waals surface area contributed by atoms with E-state index in [1.807, 2.05) is 18.2 Å². The normalized spacial score (nSPS) is 13.8. The average molecular weight is 368 g/mol. The highest BCUT2D eigenvalue weighted by Crippen LogP contribution is 2.32. The second-order valence-electron chi connectivity index (χ2n) is 6.47. The third-order valence-corrected chi connectivity index (χ3v) is 4.51. The summed E-state index contributed by atoms with van der Waals surface area (Å²) >= 11 is 0. The lowest BCUT2D eigenvalue weighted by Gasteiger charge is -2.24. The first-order valence-electron chi connectivity index (χ1n) is 9.44. The maximum Gasteiger partial charge on any atom is 0.193 e. The first-order chi connectivity index (χ1) is 13.2. The zero-order valence-electron chi connectivity index (χ0n) is 16.1. The lowest BCUT2D eigenvalue weighted by atomic mass is 10.2. The van der Waals surface area contributed by atoms with Crippen molar-refractivity contribution in [3.05, 3.63) is 48.0 Å². The maximum absolute atomic E-state index is 6.06.